The molecule has 0 N–H and O–H groups in total. The fourth-order valence-electron chi connectivity index (χ4n) is 3.23. The number of fused-ring (bicyclic) bond motifs is 3. The Morgan fingerprint density at radius 1 is 0.885 bits per heavy atom. The van der Waals surface area contributed by atoms with Crippen molar-refractivity contribution in [2.45, 2.75) is 6.92 Å². The SMILES string of the molecule is CCOC(=O)c1cc(C(=O)c2ccccc2)n2c1ccc1ccccc12. The lowest BCUT2D eigenvalue weighted by atomic mass is 10.1. The highest BCUT2D eigenvalue weighted by Crippen LogP contribution is 2.26. The third kappa shape index (κ3) is 2.56. The first-order chi connectivity index (χ1) is 12.7. The number of aromatic nitrogens is 1. The quantitative estimate of drug-likeness (QED) is 0.405. The molecule has 2 heterocycles. The van der Waals surface area contributed by atoms with E-state index >= 15 is 0 Å². The molecule has 2 aromatic carbocycles. The Morgan fingerprint density at radius 3 is 2.38 bits per heavy atom. The van der Waals surface area contributed by atoms with Gasteiger partial charge in [0.2, 0.25) is 5.78 Å². The summed E-state index contributed by atoms with van der Waals surface area (Å²) in [5.74, 6) is -0.556. The third-order valence-corrected chi connectivity index (χ3v) is 4.40. The van der Waals surface area contributed by atoms with Gasteiger partial charge in [-0.3, -0.25) is 4.79 Å². The maximum absolute atomic E-state index is 13.1. The molecule has 0 aliphatic heterocycles. The fourth-order valence-corrected chi connectivity index (χ4v) is 3.23. The smallest absolute Gasteiger partial charge is 0.340 e. The molecule has 4 nitrogen and oxygen atoms in total. The zero-order chi connectivity index (χ0) is 18.1. The number of carbonyl (C=O) groups excluding carboxylic acids is 2. The highest BCUT2D eigenvalue weighted by atomic mass is 16.5. The zero-order valence-electron chi connectivity index (χ0n) is 14.3. The lowest BCUT2D eigenvalue weighted by Gasteiger charge is -2.07. The number of hydrogen-bond acceptors (Lipinski definition) is 3. The minimum absolute atomic E-state index is 0.132. The first-order valence-electron chi connectivity index (χ1n) is 8.51. The molecule has 0 amide bonds. The molecule has 26 heavy (non-hydrogen) atoms. The summed E-state index contributed by atoms with van der Waals surface area (Å²) in [6.45, 7) is 2.05. The van der Waals surface area contributed by atoms with Crippen molar-refractivity contribution in [1.82, 2.24) is 4.40 Å². The van der Waals surface area contributed by atoms with Gasteiger partial charge in [-0.1, -0.05) is 54.6 Å². The van der Waals surface area contributed by atoms with Crippen LogP contribution < -0.4 is 0 Å². The first-order valence-corrected chi connectivity index (χ1v) is 8.51. The summed E-state index contributed by atoms with van der Waals surface area (Å²) in [6, 6.07) is 22.3. The van der Waals surface area contributed by atoms with Crippen molar-refractivity contribution in [2.24, 2.45) is 0 Å². The first kappa shape index (κ1) is 16.1. The molecular weight excluding hydrogens is 326 g/mol. The Morgan fingerprint density at radius 2 is 1.62 bits per heavy atom. The number of esters is 1. The summed E-state index contributed by atoms with van der Waals surface area (Å²) in [6.07, 6.45) is 0. The number of benzene rings is 2. The molecule has 0 saturated heterocycles. The Hall–Kier alpha value is -3.40. The van der Waals surface area contributed by atoms with Gasteiger partial charge in [0.25, 0.3) is 0 Å². The molecule has 0 aliphatic carbocycles. The van der Waals surface area contributed by atoms with Gasteiger partial charge in [0.15, 0.2) is 0 Å². The van der Waals surface area contributed by atoms with Gasteiger partial charge >= 0.3 is 5.97 Å². The molecule has 0 spiro atoms. The number of hydrogen-bond donors (Lipinski definition) is 0. The molecule has 4 aromatic rings. The van der Waals surface area contributed by atoms with Gasteiger partial charge in [0.05, 0.1) is 28.9 Å². The third-order valence-electron chi connectivity index (χ3n) is 4.40. The van der Waals surface area contributed by atoms with Crippen molar-refractivity contribution in [3.63, 3.8) is 0 Å². The number of ether oxygens (including phenoxy) is 1. The maximum Gasteiger partial charge on any atom is 0.340 e. The van der Waals surface area contributed by atoms with E-state index in [2.05, 4.69) is 0 Å². The van der Waals surface area contributed by atoms with Crippen LogP contribution in [-0.4, -0.2) is 22.8 Å². The van der Waals surface area contributed by atoms with Gasteiger partial charge in [0.1, 0.15) is 0 Å². The van der Waals surface area contributed by atoms with Crippen molar-refractivity contribution in [3.05, 3.63) is 89.6 Å². The zero-order valence-corrected chi connectivity index (χ0v) is 14.3. The lowest BCUT2D eigenvalue weighted by Crippen LogP contribution is -2.05. The number of rotatable bonds is 4. The lowest BCUT2D eigenvalue weighted by molar-refractivity contribution is 0.0529. The van der Waals surface area contributed by atoms with E-state index in [4.69, 9.17) is 4.74 Å². The minimum atomic E-state index is -0.424. The van der Waals surface area contributed by atoms with Crippen molar-refractivity contribution < 1.29 is 14.3 Å². The topological polar surface area (TPSA) is 47.8 Å². The molecule has 0 bridgehead atoms. The van der Waals surface area contributed by atoms with Gasteiger partial charge in [-0.15, -0.1) is 0 Å². The second kappa shape index (κ2) is 6.48. The molecule has 2 aromatic heterocycles. The van der Waals surface area contributed by atoms with Gasteiger partial charge in [-0.2, -0.15) is 0 Å². The molecule has 4 heteroatoms. The molecule has 0 atom stereocenters. The van der Waals surface area contributed by atoms with Crippen LogP contribution in [0.1, 0.15) is 33.3 Å². The summed E-state index contributed by atoms with van der Waals surface area (Å²) in [5, 5.41) is 0.994. The van der Waals surface area contributed by atoms with E-state index in [0.717, 1.165) is 10.9 Å². The van der Waals surface area contributed by atoms with Crippen LogP contribution in [-0.2, 0) is 4.74 Å². The number of pyridine rings is 1. The van der Waals surface area contributed by atoms with Crippen LogP contribution in [0.4, 0.5) is 0 Å². The fraction of sp³-hybridized carbons (Fsp3) is 0.0909. The normalized spacial score (nSPS) is 11.0. The summed E-state index contributed by atoms with van der Waals surface area (Å²) < 4.78 is 7.03. The summed E-state index contributed by atoms with van der Waals surface area (Å²) in [5.41, 5.74) is 2.97. The maximum atomic E-state index is 13.1. The van der Waals surface area contributed by atoms with Crippen molar-refractivity contribution in [2.75, 3.05) is 6.61 Å². The summed E-state index contributed by atoms with van der Waals surface area (Å²) in [4.78, 5) is 25.5. The number of carbonyl (C=O) groups is 2. The van der Waals surface area contributed by atoms with Crippen LogP contribution >= 0.6 is 0 Å². The van der Waals surface area contributed by atoms with E-state index in [1.807, 2.05) is 59.0 Å². The molecule has 0 aliphatic rings. The molecule has 0 saturated carbocycles. The van der Waals surface area contributed by atoms with E-state index in [9.17, 15) is 9.59 Å². The number of ketones is 1. The average molecular weight is 343 g/mol. The predicted octanol–water partition coefficient (Wildman–Crippen LogP) is 4.50. The predicted molar refractivity (Wildman–Crippen MR) is 101 cm³/mol. The van der Waals surface area contributed by atoms with E-state index < -0.39 is 5.97 Å². The second-order valence-electron chi connectivity index (χ2n) is 5.97. The highest BCUT2D eigenvalue weighted by Gasteiger charge is 2.22. The highest BCUT2D eigenvalue weighted by molar-refractivity contribution is 6.12. The van der Waals surface area contributed by atoms with E-state index in [1.165, 1.54) is 0 Å². The Bertz CT molecular complexity index is 1130. The van der Waals surface area contributed by atoms with E-state index in [0.29, 0.717) is 22.3 Å². The van der Waals surface area contributed by atoms with Gasteiger partial charge in [-0.25, -0.2) is 4.79 Å². The van der Waals surface area contributed by atoms with Crippen LogP contribution in [0.3, 0.4) is 0 Å². The van der Waals surface area contributed by atoms with E-state index in [-0.39, 0.29) is 12.4 Å². The second-order valence-corrected chi connectivity index (χ2v) is 5.97. The Balaban J connectivity index is 2.03. The van der Waals surface area contributed by atoms with Crippen LogP contribution in [0.5, 0.6) is 0 Å². The molecule has 0 unspecified atom stereocenters. The Labute approximate surface area is 150 Å². The van der Waals surface area contributed by atoms with E-state index in [1.54, 1.807) is 25.1 Å². The largest absolute Gasteiger partial charge is 0.462 e. The average Bonchev–Trinajstić information content (AvgIpc) is 3.08. The summed E-state index contributed by atoms with van der Waals surface area (Å²) in [7, 11) is 0. The van der Waals surface area contributed by atoms with Gasteiger partial charge in [0, 0.05) is 5.56 Å². The molecule has 0 radical (unpaired) electrons. The number of nitrogens with zero attached hydrogens (tertiary/aromatic N) is 1. The standard InChI is InChI=1S/C22H17NO3/c1-2-26-22(25)17-14-20(21(24)16-9-4-3-5-10-16)23-18-11-7-6-8-15(18)12-13-19(17)23/h3-14H,2H2,1H3. The van der Waals surface area contributed by atoms with Crippen LogP contribution in [0.15, 0.2) is 72.8 Å². The van der Waals surface area contributed by atoms with Crippen LogP contribution in [0.25, 0.3) is 16.4 Å². The summed E-state index contributed by atoms with van der Waals surface area (Å²) >= 11 is 0. The molecule has 0 fully saturated rings. The van der Waals surface area contributed by atoms with Crippen molar-refractivity contribution in [1.29, 1.82) is 0 Å². The monoisotopic (exact) mass is 343 g/mol. The van der Waals surface area contributed by atoms with Gasteiger partial charge in [-0.05, 0) is 30.5 Å². The molecule has 128 valence electrons. The minimum Gasteiger partial charge on any atom is -0.462 e. The van der Waals surface area contributed by atoms with Crippen LogP contribution in [0.2, 0.25) is 0 Å². The Kier molecular flexibility index (Phi) is 4.01. The number of para-hydroxylation sites is 1. The van der Waals surface area contributed by atoms with Gasteiger partial charge < -0.3 is 9.14 Å². The van der Waals surface area contributed by atoms with Crippen molar-refractivity contribution in [3.8, 4) is 0 Å². The van der Waals surface area contributed by atoms with Crippen LogP contribution in [0, 0.1) is 0 Å². The molecule has 4 rings (SSSR count). The molecular formula is C22H17NO3. The van der Waals surface area contributed by atoms with Crippen molar-refractivity contribution >= 4 is 28.2 Å².